The summed E-state index contributed by atoms with van der Waals surface area (Å²) >= 11 is 1.38. The third-order valence-corrected chi connectivity index (χ3v) is 4.41. The van der Waals surface area contributed by atoms with Crippen molar-refractivity contribution in [2.75, 3.05) is 12.4 Å². The van der Waals surface area contributed by atoms with Crippen molar-refractivity contribution in [3.63, 3.8) is 0 Å². The Kier molecular flexibility index (Phi) is 6.03. The highest BCUT2D eigenvalue weighted by Crippen LogP contribution is 2.31. The number of thioether (sulfide) groups is 1. The van der Waals surface area contributed by atoms with Gasteiger partial charge in [-0.15, -0.1) is 11.8 Å². The maximum Gasteiger partial charge on any atom is 0.327 e. The van der Waals surface area contributed by atoms with E-state index in [-0.39, 0.29) is 11.7 Å². The molecule has 0 aliphatic rings. The van der Waals surface area contributed by atoms with E-state index in [0.717, 1.165) is 27.2 Å². The predicted octanol–water partition coefficient (Wildman–Crippen LogP) is 2.62. The van der Waals surface area contributed by atoms with E-state index >= 15 is 0 Å². The Morgan fingerprint density at radius 3 is 2.75 bits per heavy atom. The molecule has 128 valence electrons. The summed E-state index contributed by atoms with van der Waals surface area (Å²) in [5, 5.41) is 12.6. The molecular formula is C17H20N2O4S. The molecule has 7 heteroatoms. The van der Waals surface area contributed by atoms with Gasteiger partial charge in [-0.3, -0.25) is 9.78 Å². The van der Waals surface area contributed by atoms with Crippen LogP contribution in [0.2, 0.25) is 0 Å². The van der Waals surface area contributed by atoms with Crippen LogP contribution in [0.4, 0.5) is 0 Å². The zero-order chi connectivity index (χ0) is 17.7. The van der Waals surface area contributed by atoms with Gasteiger partial charge in [0.1, 0.15) is 11.8 Å². The first kappa shape index (κ1) is 18.1. The monoisotopic (exact) mass is 348 g/mol. The zero-order valence-electron chi connectivity index (χ0n) is 13.8. The number of hydrogen-bond donors (Lipinski definition) is 2. The lowest BCUT2D eigenvalue weighted by atomic mass is 10.2. The van der Waals surface area contributed by atoms with Gasteiger partial charge in [-0.05, 0) is 38.1 Å². The molecule has 0 aliphatic heterocycles. The van der Waals surface area contributed by atoms with Gasteiger partial charge in [-0.25, -0.2) is 4.79 Å². The number of carbonyl (C=O) groups excluding carboxylic acids is 1. The molecule has 0 saturated carbocycles. The first-order chi connectivity index (χ1) is 11.4. The van der Waals surface area contributed by atoms with E-state index in [0.29, 0.717) is 6.61 Å². The summed E-state index contributed by atoms with van der Waals surface area (Å²) in [6.07, 6.45) is 0. The molecule has 0 radical (unpaired) electrons. The maximum atomic E-state index is 11.3. The van der Waals surface area contributed by atoms with Crippen molar-refractivity contribution in [3.8, 4) is 5.75 Å². The maximum absolute atomic E-state index is 11.3. The minimum absolute atomic E-state index is 0.229. The van der Waals surface area contributed by atoms with Crippen LogP contribution in [0.5, 0.6) is 5.75 Å². The number of pyridine rings is 1. The van der Waals surface area contributed by atoms with Gasteiger partial charge < -0.3 is 15.2 Å². The SMILES string of the molecule is CCOc1ccc2nc(C)cc(SCC(NC(C)=O)C(=O)O)c2c1. The normalized spacial score (nSPS) is 12.0. The van der Waals surface area contributed by atoms with Gasteiger partial charge in [-0.1, -0.05) is 0 Å². The molecule has 1 amide bonds. The van der Waals surface area contributed by atoms with Gasteiger partial charge >= 0.3 is 5.97 Å². The molecule has 1 aromatic heterocycles. The molecule has 0 saturated heterocycles. The van der Waals surface area contributed by atoms with Gasteiger partial charge in [0, 0.05) is 28.7 Å². The fourth-order valence-electron chi connectivity index (χ4n) is 2.27. The number of ether oxygens (including phenoxy) is 1. The van der Waals surface area contributed by atoms with Crippen LogP contribution in [0, 0.1) is 6.92 Å². The molecule has 0 bridgehead atoms. The molecular weight excluding hydrogens is 328 g/mol. The van der Waals surface area contributed by atoms with Crippen LogP contribution in [-0.4, -0.2) is 40.4 Å². The smallest absolute Gasteiger partial charge is 0.327 e. The topological polar surface area (TPSA) is 88.5 Å². The predicted molar refractivity (Wildman–Crippen MR) is 93.6 cm³/mol. The van der Waals surface area contributed by atoms with Crippen LogP contribution >= 0.6 is 11.8 Å². The second kappa shape index (κ2) is 8.01. The fourth-order valence-corrected chi connectivity index (χ4v) is 3.41. The highest BCUT2D eigenvalue weighted by atomic mass is 32.2. The summed E-state index contributed by atoms with van der Waals surface area (Å²) in [6, 6.07) is 6.63. The number of aromatic nitrogens is 1. The lowest BCUT2D eigenvalue weighted by Crippen LogP contribution is -2.41. The number of aliphatic carboxylic acids is 1. The van der Waals surface area contributed by atoms with Crippen LogP contribution in [0.25, 0.3) is 10.9 Å². The van der Waals surface area contributed by atoms with E-state index in [1.807, 2.05) is 38.1 Å². The highest BCUT2D eigenvalue weighted by Gasteiger charge is 2.19. The number of aryl methyl sites for hydroxylation is 1. The summed E-state index contributed by atoms with van der Waals surface area (Å²) in [6.45, 7) is 5.68. The van der Waals surface area contributed by atoms with Gasteiger partial charge in [-0.2, -0.15) is 0 Å². The van der Waals surface area contributed by atoms with Crippen molar-refractivity contribution in [2.24, 2.45) is 0 Å². The van der Waals surface area contributed by atoms with Crippen molar-refractivity contribution >= 4 is 34.5 Å². The van der Waals surface area contributed by atoms with Gasteiger partial charge in [0.2, 0.25) is 5.91 Å². The number of rotatable bonds is 7. The second-order valence-electron chi connectivity index (χ2n) is 5.28. The minimum atomic E-state index is -1.05. The number of carboxylic acid groups (broad SMARTS) is 1. The number of hydrogen-bond acceptors (Lipinski definition) is 5. The molecule has 0 aliphatic carbocycles. The third-order valence-electron chi connectivity index (χ3n) is 3.26. The minimum Gasteiger partial charge on any atom is -0.494 e. The molecule has 24 heavy (non-hydrogen) atoms. The summed E-state index contributed by atoms with van der Waals surface area (Å²) in [5.41, 5.74) is 1.67. The van der Waals surface area contributed by atoms with Crippen molar-refractivity contribution in [1.82, 2.24) is 10.3 Å². The summed E-state index contributed by atoms with van der Waals surface area (Å²) in [5.74, 6) is -0.443. The lowest BCUT2D eigenvalue weighted by Gasteiger charge is -2.14. The molecule has 1 unspecified atom stereocenters. The van der Waals surface area contributed by atoms with Gasteiger partial charge in [0.25, 0.3) is 0 Å². The average molecular weight is 348 g/mol. The number of fused-ring (bicyclic) bond motifs is 1. The zero-order valence-corrected chi connectivity index (χ0v) is 14.6. The number of carboxylic acids is 1. The Balaban J connectivity index is 2.30. The molecule has 1 aromatic carbocycles. The summed E-state index contributed by atoms with van der Waals surface area (Å²) in [4.78, 5) is 27.8. The number of amides is 1. The molecule has 0 spiro atoms. The van der Waals surface area contributed by atoms with E-state index in [1.54, 1.807) is 0 Å². The number of nitrogens with zero attached hydrogens (tertiary/aromatic N) is 1. The van der Waals surface area contributed by atoms with Crippen molar-refractivity contribution in [2.45, 2.75) is 31.7 Å². The second-order valence-corrected chi connectivity index (χ2v) is 6.34. The van der Waals surface area contributed by atoms with E-state index in [2.05, 4.69) is 10.3 Å². The van der Waals surface area contributed by atoms with Crippen LogP contribution in [0.1, 0.15) is 19.5 Å². The molecule has 1 heterocycles. The Hall–Kier alpha value is -2.28. The third kappa shape index (κ3) is 4.61. The van der Waals surface area contributed by atoms with Gasteiger partial charge in [0.05, 0.1) is 12.1 Å². The van der Waals surface area contributed by atoms with Crippen LogP contribution in [0.15, 0.2) is 29.2 Å². The largest absolute Gasteiger partial charge is 0.494 e. The quantitative estimate of drug-likeness (QED) is 0.748. The van der Waals surface area contributed by atoms with Crippen LogP contribution in [0.3, 0.4) is 0 Å². The number of carbonyl (C=O) groups is 2. The molecule has 2 rings (SSSR count). The van der Waals surface area contributed by atoms with Crippen molar-refractivity contribution in [3.05, 3.63) is 30.0 Å². The Labute approximate surface area is 144 Å². The lowest BCUT2D eigenvalue weighted by molar-refractivity contribution is -0.140. The van der Waals surface area contributed by atoms with Crippen LogP contribution < -0.4 is 10.1 Å². The van der Waals surface area contributed by atoms with Gasteiger partial charge in [0.15, 0.2) is 0 Å². The molecule has 6 nitrogen and oxygen atoms in total. The van der Waals surface area contributed by atoms with Crippen LogP contribution in [-0.2, 0) is 9.59 Å². The highest BCUT2D eigenvalue weighted by molar-refractivity contribution is 7.99. The number of nitrogens with one attached hydrogen (secondary N) is 1. The Morgan fingerprint density at radius 2 is 2.12 bits per heavy atom. The van der Waals surface area contributed by atoms with Crippen molar-refractivity contribution < 1.29 is 19.4 Å². The van der Waals surface area contributed by atoms with Crippen molar-refractivity contribution in [1.29, 1.82) is 0 Å². The molecule has 2 N–H and O–H groups in total. The summed E-state index contributed by atoms with van der Waals surface area (Å²) in [7, 11) is 0. The average Bonchev–Trinajstić information content (AvgIpc) is 2.51. The van der Waals surface area contributed by atoms with E-state index in [4.69, 9.17) is 4.74 Å². The van der Waals surface area contributed by atoms with E-state index < -0.39 is 12.0 Å². The molecule has 1 atom stereocenters. The Morgan fingerprint density at radius 1 is 1.38 bits per heavy atom. The standard InChI is InChI=1S/C17H20N2O4S/c1-4-23-12-5-6-14-13(8-12)16(7-10(2)18-14)24-9-15(17(21)22)19-11(3)20/h5-8,15H,4,9H2,1-3H3,(H,19,20)(H,21,22). The molecule has 2 aromatic rings. The first-order valence-corrected chi connectivity index (χ1v) is 8.56. The summed E-state index contributed by atoms with van der Waals surface area (Å²) < 4.78 is 5.53. The van der Waals surface area contributed by atoms with E-state index in [1.165, 1.54) is 18.7 Å². The Bertz CT molecular complexity index is 764. The number of benzene rings is 1. The van der Waals surface area contributed by atoms with E-state index in [9.17, 15) is 14.7 Å². The first-order valence-electron chi connectivity index (χ1n) is 7.57. The fraction of sp³-hybridized carbons (Fsp3) is 0.353. The molecule has 0 fully saturated rings.